The van der Waals surface area contributed by atoms with Crippen molar-refractivity contribution in [1.82, 2.24) is 16.0 Å². The molecule has 0 aromatic rings. The number of unbranched alkanes of at least 4 members (excludes halogenated alkanes) is 1. The Morgan fingerprint density at radius 1 is 0.794 bits per heavy atom. The van der Waals surface area contributed by atoms with Crippen LogP contribution < -0.4 is 38.9 Å². The van der Waals surface area contributed by atoms with E-state index in [9.17, 15) is 33.9 Å². The van der Waals surface area contributed by atoms with E-state index in [2.05, 4.69) is 16.0 Å². The summed E-state index contributed by atoms with van der Waals surface area (Å²) in [6, 6.07) is -4.87. The summed E-state index contributed by atoms with van der Waals surface area (Å²) in [5.74, 6) is -5.57. The fourth-order valence-corrected chi connectivity index (χ4v) is 2.94. The van der Waals surface area contributed by atoms with E-state index >= 15 is 0 Å². The van der Waals surface area contributed by atoms with Gasteiger partial charge in [-0.1, -0.05) is 13.8 Å². The Labute approximate surface area is 197 Å². The molecule has 0 rings (SSSR count). The topological polar surface area (TPSA) is 263 Å². The average molecular weight is 488 g/mol. The molecule has 4 atom stereocenters. The van der Waals surface area contributed by atoms with E-state index in [4.69, 9.17) is 22.9 Å². The fourth-order valence-electron chi connectivity index (χ4n) is 2.94. The Morgan fingerprint density at radius 3 is 1.85 bits per heavy atom. The van der Waals surface area contributed by atoms with Crippen LogP contribution >= 0.6 is 0 Å². The van der Waals surface area contributed by atoms with Crippen molar-refractivity contribution < 1.29 is 33.9 Å². The molecular weight excluding hydrogens is 450 g/mol. The predicted molar refractivity (Wildman–Crippen MR) is 121 cm³/mol. The van der Waals surface area contributed by atoms with Crippen molar-refractivity contribution in [3.63, 3.8) is 0 Å². The van der Waals surface area contributed by atoms with Crippen LogP contribution in [0.4, 0.5) is 0 Å². The number of carbonyl (C=O) groups is 6. The molecular formula is C20H37N7O7. The molecule has 0 heterocycles. The van der Waals surface area contributed by atoms with Crippen LogP contribution in [0.5, 0.6) is 0 Å². The molecule has 12 N–H and O–H groups in total. The van der Waals surface area contributed by atoms with Crippen LogP contribution in [0, 0.1) is 5.92 Å². The quantitative estimate of drug-likeness (QED) is 0.0957. The van der Waals surface area contributed by atoms with Crippen LogP contribution in [0.15, 0.2) is 0 Å². The lowest BCUT2D eigenvalue weighted by molar-refractivity contribution is -0.143. The molecule has 4 unspecified atom stereocenters. The number of amides is 5. The van der Waals surface area contributed by atoms with Gasteiger partial charge in [-0.3, -0.25) is 24.0 Å². The Morgan fingerprint density at radius 2 is 1.38 bits per heavy atom. The summed E-state index contributed by atoms with van der Waals surface area (Å²) >= 11 is 0. The number of carboxylic acid groups (broad SMARTS) is 1. The molecule has 0 bridgehead atoms. The highest BCUT2D eigenvalue weighted by atomic mass is 16.4. The lowest BCUT2D eigenvalue weighted by atomic mass is 10.0. The van der Waals surface area contributed by atoms with Gasteiger partial charge in [0.1, 0.15) is 18.1 Å². The first kappa shape index (κ1) is 30.7. The highest BCUT2D eigenvalue weighted by Gasteiger charge is 2.32. The van der Waals surface area contributed by atoms with Crippen molar-refractivity contribution in [3.05, 3.63) is 0 Å². The van der Waals surface area contributed by atoms with Crippen molar-refractivity contribution in [2.24, 2.45) is 28.9 Å². The molecule has 0 saturated heterocycles. The molecule has 14 nitrogen and oxygen atoms in total. The van der Waals surface area contributed by atoms with E-state index in [1.165, 1.54) is 0 Å². The summed E-state index contributed by atoms with van der Waals surface area (Å²) in [5, 5.41) is 16.6. The first-order valence-corrected chi connectivity index (χ1v) is 11.0. The lowest BCUT2D eigenvalue weighted by Gasteiger charge is -2.27. The third kappa shape index (κ3) is 12.1. The monoisotopic (exact) mass is 487 g/mol. The summed E-state index contributed by atoms with van der Waals surface area (Å²) in [4.78, 5) is 71.4. The molecule has 0 aliphatic rings. The summed E-state index contributed by atoms with van der Waals surface area (Å²) in [5.41, 5.74) is 21.2. The van der Waals surface area contributed by atoms with E-state index in [1.54, 1.807) is 13.8 Å². The van der Waals surface area contributed by atoms with E-state index < -0.39 is 72.0 Å². The number of hydrogen-bond acceptors (Lipinski definition) is 8. The first-order valence-electron chi connectivity index (χ1n) is 11.0. The number of rotatable bonds is 17. The number of aliphatic carboxylic acids is 1. The van der Waals surface area contributed by atoms with Gasteiger partial charge in [-0.15, -0.1) is 0 Å². The molecule has 0 aromatic carbocycles. The molecule has 0 fully saturated rings. The van der Waals surface area contributed by atoms with Crippen LogP contribution in [0.1, 0.15) is 52.4 Å². The Hall–Kier alpha value is -3.26. The smallest absolute Gasteiger partial charge is 0.326 e. The Kier molecular flexibility index (Phi) is 14.1. The zero-order valence-electron chi connectivity index (χ0n) is 19.5. The van der Waals surface area contributed by atoms with Crippen LogP contribution in [-0.4, -0.2) is 71.3 Å². The SMILES string of the molecule is CC(C)C(NC(=O)C(CCCCN)NC(=O)C(N)CC(N)=O)C(=O)NC(CCC(N)=O)C(=O)O. The summed E-state index contributed by atoms with van der Waals surface area (Å²) in [6.45, 7) is 3.63. The molecule has 0 spiro atoms. The molecule has 0 radical (unpaired) electrons. The van der Waals surface area contributed by atoms with Gasteiger partial charge in [0.2, 0.25) is 29.5 Å². The van der Waals surface area contributed by atoms with Crippen LogP contribution in [0.2, 0.25) is 0 Å². The summed E-state index contributed by atoms with van der Waals surface area (Å²) in [6.07, 6.45) is 0.345. The maximum atomic E-state index is 12.9. The van der Waals surface area contributed by atoms with Gasteiger partial charge in [0.25, 0.3) is 0 Å². The van der Waals surface area contributed by atoms with Gasteiger partial charge in [-0.2, -0.15) is 0 Å². The lowest BCUT2D eigenvalue weighted by Crippen LogP contribution is -2.58. The number of carbonyl (C=O) groups excluding carboxylic acids is 5. The summed E-state index contributed by atoms with van der Waals surface area (Å²) in [7, 11) is 0. The van der Waals surface area contributed by atoms with E-state index in [-0.39, 0.29) is 19.3 Å². The van der Waals surface area contributed by atoms with Crippen LogP contribution in [-0.2, 0) is 28.8 Å². The summed E-state index contributed by atoms with van der Waals surface area (Å²) < 4.78 is 0. The van der Waals surface area contributed by atoms with Gasteiger partial charge in [0.15, 0.2) is 0 Å². The first-order chi connectivity index (χ1) is 15.8. The second-order valence-corrected chi connectivity index (χ2v) is 8.26. The minimum Gasteiger partial charge on any atom is -0.480 e. The molecule has 194 valence electrons. The molecule has 0 aliphatic heterocycles. The van der Waals surface area contributed by atoms with Crippen molar-refractivity contribution in [3.8, 4) is 0 Å². The molecule has 0 saturated carbocycles. The largest absolute Gasteiger partial charge is 0.480 e. The zero-order chi connectivity index (χ0) is 26.4. The van der Waals surface area contributed by atoms with Gasteiger partial charge in [0.05, 0.1) is 12.5 Å². The normalized spacial score (nSPS) is 14.4. The van der Waals surface area contributed by atoms with Crippen molar-refractivity contribution >= 4 is 35.5 Å². The molecule has 0 aromatic heterocycles. The zero-order valence-corrected chi connectivity index (χ0v) is 19.5. The fraction of sp³-hybridized carbons (Fsp3) is 0.700. The number of nitrogens with one attached hydrogen (secondary N) is 3. The van der Waals surface area contributed by atoms with Gasteiger partial charge in [0, 0.05) is 6.42 Å². The van der Waals surface area contributed by atoms with Gasteiger partial charge < -0.3 is 44.0 Å². The number of hydrogen-bond donors (Lipinski definition) is 8. The highest BCUT2D eigenvalue weighted by molar-refractivity contribution is 5.95. The minimum atomic E-state index is -1.38. The number of nitrogens with two attached hydrogens (primary N) is 4. The van der Waals surface area contributed by atoms with Crippen LogP contribution in [0.3, 0.4) is 0 Å². The third-order valence-electron chi connectivity index (χ3n) is 4.88. The molecule has 0 aliphatic carbocycles. The second-order valence-electron chi connectivity index (χ2n) is 8.26. The van der Waals surface area contributed by atoms with Gasteiger partial charge >= 0.3 is 5.97 Å². The average Bonchev–Trinajstić information content (AvgIpc) is 2.72. The highest BCUT2D eigenvalue weighted by Crippen LogP contribution is 2.08. The number of primary amides is 2. The minimum absolute atomic E-state index is 0.181. The molecule has 5 amide bonds. The molecule has 14 heteroatoms. The van der Waals surface area contributed by atoms with Crippen molar-refractivity contribution in [2.75, 3.05) is 6.54 Å². The van der Waals surface area contributed by atoms with Crippen molar-refractivity contribution in [1.29, 1.82) is 0 Å². The van der Waals surface area contributed by atoms with Crippen LogP contribution in [0.25, 0.3) is 0 Å². The standard InChI is InChI=1S/C20H37N7O7/c1-10(2)16(19(32)26-13(20(33)34)6-7-14(23)28)27-18(31)12(5-3-4-8-21)25-17(30)11(22)9-15(24)29/h10-13,16H,3-9,21-22H2,1-2H3,(H2,23,28)(H2,24,29)(H,25,30)(H,26,32)(H,27,31)(H,33,34). The Balaban J connectivity index is 5.44. The van der Waals surface area contributed by atoms with E-state index in [1.807, 2.05) is 0 Å². The molecule has 34 heavy (non-hydrogen) atoms. The van der Waals surface area contributed by atoms with E-state index in [0.29, 0.717) is 19.4 Å². The number of carboxylic acids is 1. The van der Waals surface area contributed by atoms with E-state index in [0.717, 1.165) is 0 Å². The Bertz CT molecular complexity index is 745. The van der Waals surface area contributed by atoms with Crippen molar-refractivity contribution in [2.45, 2.75) is 76.5 Å². The van der Waals surface area contributed by atoms with Gasteiger partial charge in [-0.25, -0.2) is 4.79 Å². The van der Waals surface area contributed by atoms with Gasteiger partial charge in [-0.05, 0) is 38.1 Å². The third-order valence-corrected chi connectivity index (χ3v) is 4.88. The maximum absolute atomic E-state index is 12.9. The maximum Gasteiger partial charge on any atom is 0.326 e. The second kappa shape index (κ2) is 15.6. The predicted octanol–water partition coefficient (Wildman–Crippen LogP) is -3.22.